The van der Waals surface area contributed by atoms with Crippen molar-refractivity contribution < 1.29 is 13.6 Å². The van der Waals surface area contributed by atoms with E-state index in [1.807, 2.05) is 0 Å². The molecule has 0 bridgehead atoms. The summed E-state index contributed by atoms with van der Waals surface area (Å²) in [5.41, 5.74) is -0.431. The molecule has 0 saturated carbocycles. The molecule has 2 heterocycles. The average Bonchev–Trinajstić information content (AvgIpc) is 2.56. The molecule has 0 aliphatic carbocycles. The van der Waals surface area contributed by atoms with Crippen LogP contribution in [0.2, 0.25) is 0 Å². The number of piperidine rings is 1. The van der Waals surface area contributed by atoms with Gasteiger partial charge < -0.3 is 10.2 Å². The zero-order chi connectivity index (χ0) is 16.2. The minimum Gasteiger partial charge on any atom is -0.336 e. The summed E-state index contributed by atoms with van der Waals surface area (Å²) in [7, 11) is 0. The van der Waals surface area contributed by atoms with Gasteiger partial charge in [0.15, 0.2) is 0 Å². The van der Waals surface area contributed by atoms with Gasteiger partial charge in [0.1, 0.15) is 17.2 Å². The molecule has 2 aliphatic heterocycles. The molecule has 126 valence electrons. The standard InChI is InChI=1S/C17H23F2N3O/c18-14-2-1-3-15(19)16(14)17(23)22-10-8-21(9-11-22)12-13-4-6-20-7-5-13/h1-3,13,20H,4-12H2. The van der Waals surface area contributed by atoms with E-state index in [-0.39, 0.29) is 0 Å². The summed E-state index contributed by atoms with van der Waals surface area (Å²) in [5.74, 6) is -1.40. The fourth-order valence-electron chi connectivity index (χ4n) is 3.42. The number of nitrogens with zero attached hydrogens (tertiary/aromatic N) is 2. The summed E-state index contributed by atoms with van der Waals surface area (Å²) >= 11 is 0. The van der Waals surface area contributed by atoms with Gasteiger partial charge in [-0.2, -0.15) is 0 Å². The summed E-state index contributed by atoms with van der Waals surface area (Å²) in [6.07, 6.45) is 2.39. The third kappa shape index (κ3) is 3.87. The Kier molecular flexibility index (Phi) is 5.23. The highest BCUT2D eigenvalue weighted by atomic mass is 19.1. The van der Waals surface area contributed by atoms with Gasteiger partial charge in [0, 0.05) is 32.7 Å². The largest absolute Gasteiger partial charge is 0.336 e. The SMILES string of the molecule is O=C(c1c(F)cccc1F)N1CCN(CC2CCNCC2)CC1. The maximum absolute atomic E-state index is 13.7. The minimum absolute atomic E-state index is 0.431. The summed E-state index contributed by atoms with van der Waals surface area (Å²) < 4.78 is 27.5. The lowest BCUT2D eigenvalue weighted by atomic mass is 9.97. The topological polar surface area (TPSA) is 35.6 Å². The molecule has 0 atom stereocenters. The van der Waals surface area contributed by atoms with Crippen LogP contribution >= 0.6 is 0 Å². The Hall–Kier alpha value is -1.53. The molecular weight excluding hydrogens is 300 g/mol. The highest BCUT2D eigenvalue weighted by Gasteiger charge is 2.27. The fourth-order valence-corrected chi connectivity index (χ4v) is 3.42. The van der Waals surface area contributed by atoms with Crippen molar-refractivity contribution in [1.29, 1.82) is 0 Å². The molecule has 4 nitrogen and oxygen atoms in total. The Bertz CT molecular complexity index is 533. The van der Waals surface area contributed by atoms with E-state index in [1.54, 1.807) is 4.90 Å². The van der Waals surface area contributed by atoms with Gasteiger partial charge in [0.2, 0.25) is 0 Å². The lowest BCUT2D eigenvalue weighted by Crippen LogP contribution is -2.50. The van der Waals surface area contributed by atoms with Gasteiger partial charge in [0.05, 0.1) is 0 Å². The molecule has 1 aromatic rings. The molecule has 1 N–H and O–H groups in total. The number of hydrogen-bond acceptors (Lipinski definition) is 3. The van der Waals surface area contributed by atoms with Crippen LogP contribution in [-0.2, 0) is 0 Å². The Morgan fingerprint density at radius 3 is 2.30 bits per heavy atom. The van der Waals surface area contributed by atoms with Crippen LogP contribution in [-0.4, -0.2) is 61.5 Å². The number of hydrogen-bond donors (Lipinski definition) is 1. The molecule has 2 aliphatic rings. The van der Waals surface area contributed by atoms with Crippen molar-refractivity contribution in [3.05, 3.63) is 35.4 Å². The van der Waals surface area contributed by atoms with E-state index in [2.05, 4.69) is 10.2 Å². The van der Waals surface area contributed by atoms with E-state index in [0.717, 1.165) is 44.9 Å². The average molecular weight is 323 g/mol. The molecule has 1 aromatic carbocycles. The number of nitrogens with one attached hydrogen (secondary N) is 1. The number of piperazine rings is 1. The molecule has 0 unspecified atom stereocenters. The third-order valence-corrected chi connectivity index (χ3v) is 4.81. The first-order chi connectivity index (χ1) is 11.1. The maximum Gasteiger partial charge on any atom is 0.259 e. The van der Waals surface area contributed by atoms with Crippen molar-refractivity contribution >= 4 is 5.91 Å². The minimum atomic E-state index is -0.785. The molecule has 2 fully saturated rings. The Morgan fingerprint density at radius 1 is 1.09 bits per heavy atom. The third-order valence-electron chi connectivity index (χ3n) is 4.81. The van der Waals surface area contributed by atoms with Gasteiger partial charge in [-0.1, -0.05) is 6.07 Å². The van der Waals surface area contributed by atoms with Crippen LogP contribution in [0.3, 0.4) is 0 Å². The van der Waals surface area contributed by atoms with Crippen molar-refractivity contribution in [1.82, 2.24) is 15.1 Å². The van der Waals surface area contributed by atoms with Crippen molar-refractivity contribution in [2.45, 2.75) is 12.8 Å². The normalized spacial score (nSPS) is 20.7. The Morgan fingerprint density at radius 2 is 1.70 bits per heavy atom. The van der Waals surface area contributed by atoms with Gasteiger partial charge in [-0.05, 0) is 44.0 Å². The molecule has 2 saturated heterocycles. The lowest BCUT2D eigenvalue weighted by molar-refractivity contribution is 0.0599. The smallest absolute Gasteiger partial charge is 0.259 e. The van der Waals surface area contributed by atoms with E-state index in [0.29, 0.717) is 19.0 Å². The first kappa shape index (κ1) is 16.3. The van der Waals surface area contributed by atoms with Crippen molar-refractivity contribution in [3.63, 3.8) is 0 Å². The highest BCUT2D eigenvalue weighted by molar-refractivity contribution is 5.94. The Labute approximate surface area is 135 Å². The van der Waals surface area contributed by atoms with Crippen LogP contribution in [0.25, 0.3) is 0 Å². The van der Waals surface area contributed by atoms with E-state index >= 15 is 0 Å². The Balaban J connectivity index is 1.55. The predicted octanol–water partition coefficient (Wildman–Crippen LogP) is 1.72. The van der Waals surface area contributed by atoms with Crippen LogP contribution < -0.4 is 5.32 Å². The number of halogens is 2. The monoisotopic (exact) mass is 323 g/mol. The molecule has 3 rings (SSSR count). The fraction of sp³-hybridized carbons (Fsp3) is 0.588. The molecule has 1 amide bonds. The van der Waals surface area contributed by atoms with E-state index in [9.17, 15) is 13.6 Å². The molecule has 6 heteroatoms. The lowest BCUT2D eigenvalue weighted by Gasteiger charge is -2.37. The van der Waals surface area contributed by atoms with Crippen molar-refractivity contribution in [2.75, 3.05) is 45.8 Å². The van der Waals surface area contributed by atoms with Gasteiger partial charge >= 0.3 is 0 Å². The van der Waals surface area contributed by atoms with E-state index in [4.69, 9.17) is 0 Å². The van der Waals surface area contributed by atoms with Crippen molar-refractivity contribution in [3.8, 4) is 0 Å². The second-order valence-electron chi connectivity index (χ2n) is 6.38. The number of benzene rings is 1. The predicted molar refractivity (Wildman–Crippen MR) is 84.3 cm³/mol. The second-order valence-corrected chi connectivity index (χ2v) is 6.38. The molecule has 0 aromatic heterocycles. The number of rotatable bonds is 3. The summed E-state index contributed by atoms with van der Waals surface area (Å²) in [6, 6.07) is 3.53. The first-order valence-corrected chi connectivity index (χ1v) is 8.31. The zero-order valence-corrected chi connectivity index (χ0v) is 13.2. The van der Waals surface area contributed by atoms with Gasteiger partial charge in [-0.15, -0.1) is 0 Å². The van der Waals surface area contributed by atoms with Gasteiger partial charge in [-0.25, -0.2) is 8.78 Å². The van der Waals surface area contributed by atoms with E-state index in [1.165, 1.54) is 18.9 Å². The number of amides is 1. The highest BCUT2D eigenvalue weighted by Crippen LogP contribution is 2.18. The van der Waals surface area contributed by atoms with Crippen LogP contribution in [0.4, 0.5) is 8.78 Å². The van der Waals surface area contributed by atoms with Crippen molar-refractivity contribution in [2.24, 2.45) is 5.92 Å². The molecular formula is C17H23F2N3O. The number of carbonyl (C=O) groups is 1. The zero-order valence-electron chi connectivity index (χ0n) is 13.2. The van der Waals surface area contributed by atoms with E-state index < -0.39 is 23.1 Å². The summed E-state index contributed by atoms with van der Waals surface area (Å²) in [5, 5.41) is 3.36. The summed E-state index contributed by atoms with van der Waals surface area (Å²) in [6.45, 7) is 5.80. The maximum atomic E-state index is 13.7. The van der Waals surface area contributed by atoms with Crippen LogP contribution in [0.15, 0.2) is 18.2 Å². The number of carbonyl (C=O) groups excluding carboxylic acids is 1. The summed E-state index contributed by atoms with van der Waals surface area (Å²) in [4.78, 5) is 16.3. The molecule has 23 heavy (non-hydrogen) atoms. The van der Waals surface area contributed by atoms with Crippen LogP contribution in [0.5, 0.6) is 0 Å². The molecule has 0 radical (unpaired) electrons. The van der Waals surface area contributed by atoms with Crippen LogP contribution in [0.1, 0.15) is 23.2 Å². The molecule has 0 spiro atoms. The first-order valence-electron chi connectivity index (χ1n) is 8.31. The quantitative estimate of drug-likeness (QED) is 0.920. The van der Waals surface area contributed by atoms with Gasteiger partial charge in [0.25, 0.3) is 5.91 Å². The van der Waals surface area contributed by atoms with Crippen LogP contribution in [0, 0.1) is 17.6 Å². The second kappa shape index (κ2) is 7.36. The van der Waals surface area contributed by atoms with Gasteiger partial charge in [-0.3, -0.25) is 9.69 Å².